The molecule has 1 aromatic carbocycles. The van der Waals surface area contributed by atoms with Crippen molar-refractivity contribution in [3.05, 3.63) is 22.7 Å². The minimum atomic E-state index is -0.234. The van der Waals surface area contributed by atoms with Crippen molar-refractivity contribution in [1.29, 1.82) is 0 Å². The SMILES string of the molecule is CCOC(=O)C1C2Oc3cc(Cl)c(O)cc3C21. The monoisotopic (exact) mass is 254 g/mol. The van der Waals surface area contributed by atoms with Crippen LogP contribution >= 0.6 is 11.6 Å². The number of carbonyl (C=O) groups is 1. The lowest BCUT2D eigenvalue weighted by atomic mass is 10.1. The fraction of sp³-hybridized carbons (Fsp3) is 0.417. The fourth-order valence-electron chi connectivity index (χ4n) is 2.39. The van der Waals surface area contributed by atoms with E-state index >= 15 is 0 Å². The Kier molecular flexibility index (Phi) is 2.23. The van der Waals surface area contributed by atoms with E-state index in [-0.39, 0.29) is 34.7 Å². The Hall–Kier alpha value is -1.42. The van der Waals surface area contributed by atoms with Crippen LogP contribution in [0.25, 0.3) is 0 Å². The van der Waals surface area contributed by atoms with Gasteiger partial charge in [0.1, 0.15) is 23.5 Å². The fourth-order valence-corrected chi connectivity index (χ4v) is 2.54. The molecule has 90 valence electrons. The molecule has 0 bridgehead atoms. The van der Waals surface area contributed by atoms with Gasteiger partial charge in [-0.1, -0.05) is 11.6 Å². The van der Waals surface area contributed by atoms with Gasteiger partial charge in [0.25, 0.3) is 0 Å². The number of carbonyl (C=O) groups excluding carboxylic acids is 1. The lowest BCUT2D eigenvalue weighted by Gasteiger charge is -2.09. The van der Waals surface area contributed by atoms with E-state index in [1.165, 1.54) is 0 Å². The van der Waals surface area contributed by atoms with Crippen LogP contribution in [-0.4, -0.2) is 23.8 Å². The Labute approximate surface area is 103 Å². The molecule has 3 atom stereocenters. The zero-order chi connectivity index (χ0) is 12.2. The van der Waals surface area contributed by atoms with E-state index in [0.29, 0.717) is 12.4 Å². The summed E-state index contributed by atoms with van der Waals surface area (Å²) in [6.45, 7) is 2.14. The van der Waals surface area contributed by atoms with E-state index in [1.807, 2.05) is 0 Å². The molecule has 1 saturated carbocycles. The van der Waals surface area contributed by atoms with Gasteiger partial charge in [0.05, 0.1) is 11.6 Å². The Morgan fingerprint density at radius 2 is 2.35 bits per heavy atom. The van der Waals surface area contributed by atoms with E-state index in [4.69, 9.17) is 21.1 Å². The number of ether oxygens (including phenoxy) is 2. The largest absolute Gasteiger partial charge is 0.506 e. The second-order valence-electron chi connectivity index (χ2n) is 4.23. The minimum absolute atomic E-state index is 0.00668. The summed E-state index contributed by atoms with van der Waals surface area (Å²) in [6.07, 6.45) is -0.151. The van der Waals surface area contributed by atoms with Gasteiger partial charge in [-0.25, -0.2) is 0 Å². The summed E-state index contributed by atoms with van der Waals surface area (Å²) >= 11 is 5.78. The summed E-state index contributed by atoms with van der Waals surface area (Å²) in [6, 6.07) is 3.15. The third-order valence-corrected chi connectivity index (χ3v) is 3.52. The quantitative estimate of drug-likeness (QED) is 0.821. The molecule has 5 heteroatoms. The Morgan fingerprint density at radius 1 is 1.59 bits per heavy atom. The zero-order valence-electron chi connectivity index (χ0n) is 9.14. The summed E-state index contributed by atoms with van der Waals surface area (Å²) in [7, 11) is 0. The summed E-state index contributed by atoms with van der Waals surface area (Å²) in [4.78, 5) is 11.6. The second kappa shape index (κ2) is 3.53. The second-order valence-corrected chi connectivity index (χ2v) is 4.63. The van der Waals surface area contributed by atoms with Crippen molar-refractivity contribution < 1.29 is 19.4 Å². The summed E-state index contributed by atoms with van der Waals surface area (Å²) in [5.74, 6) is 0.213. The Bertz CT molecular complexity index is 500. The van der Waals surface area contributed by atoms with Gasteiger partial charge < -0.3 is 14.6 Å². The van der Waals surface area contributed by atoms with Crippen molar-refractivity contribution in [2.24, 2.45) is 5.92 Å². The molecule has 4 nitrogen and oxygen atoms in total. The highest BCUT2D eigenvalue weighted by Crippen LogP contribution is 2.59. The number of hydrogen-bond donors (Lipinski definition) is 1. The van der Waals surface area contributed by atoms with E-state index in [2.05, 4.69) is 0 Å². The van der Waals surface area contributed by atoms with Crippen LogP contribution in [0.3, 0.4) is 0 Å². The maximum absolute atomic E-state index is 11.6. The van der Waals surface area contributed by atoms with Gasteiger partial charge in [-0.3, -0.25) is 4.79 Å². The molecular formula is C12H11ClO4. The molecule has 3 rings (SSSR count). The van der Waals surface area contributed by atoms with E-state index in [1.54, 1.807) is 19.1 Å². The molecule has 1 fully saturated rings. The van der Waals surface area contributed by atoms with Crippen LogP contribution in [0.5, 0.6) is 11.5 Å². The number of fused-ring (bicyclic) bond motifs is 3. The average molecular weight is 255 g/mol. The van der Waals surface area contributed by atoms with Crippen molar-refractivity contribution >= 4 is 17.6 Å². The van der Waals surface area contributed by atoms with Crippen LogP contribution < -0.4 is 4.74 Å². The van der Waals surface area contributed by atoms with Crippen molar-refractivity contribution in [2.75, 3.05) is 6.61 Å². The molecule has 1 aliphatic carbocycles. The molecule has 1 aliphatic heterocycles. The standard InChI is InChI=1S/C12H11ClO4/c1-2-16-12(15)10-9-5-3-7(14)6(13)4-8(5)17-11(9)10/h3-4,9-11,14H,2H2,1H3. The Balaban J connectivity index is 1.86. The van der Waals surface area contributed by atoms with Crippen molar-refractivity contribution in [3.8, 4) is 11.5 Å². The van der Waals surface area contributed by atoms with Crippen LogP contribution in [0.4, 0.5) is 0 Å². The average Bonchev–Trinajstić information content (AvgIpc) is 2.88. The molecule has 1 N–H and O–H groups in total. The molecule has 0 amide bonds. The maximum atomic E-state index is 11.6. The third-order valence-electron chi connectivity index (χ3n) is 3.21. The molecule has 2 aliphatic rings. The Morgan fingerprint density at radius 3 is 3.06 bits per heavy atom. The van der Waals surface area contributed by atoms with E-state index < -0.39 is 0 Å². The normalized spacial score (nSPS) is 28.0. The lowest BCUT2D eigenvalue weighted by molar-refractivity contribution is -0.145. The number of esters is 1. The van der Waals surface area contributed by atoms with Crippen molar-refractivity contribution in [1.82, 2.24) is 0 Å². The summed E-state index contributed by atoms with van der Waals surface area (Å²) in [5, 5.41) is 9.81. The van der Waals surface area contributed by atoms with Crippen LogP contribution in [0.2, 0.25) is 5.02 Å². The number of benzene rings is 1. The van der Waals surface area contributed by atoms with Crippen LogP contribution in [0.1, 0.15) is 18.4 Å². The first-order valence-corrected chi connectivity index (χ1v) is 5.87. The molecule has 0 spiro atoms. The number of phenolic OH excluding ortho intramolecular Hbond substituents is 1. The van der Waals surface area contributed by atoms with Gasteiger partial charge in [-0.15, -0.1) is 0 Å². The molecule has 0 radical (unpaired) electrons. The molecule has 17 heavy (non-hydrogen) atoms. The van der Waals surface area contributed by atoms with Gasteiger partial charge in [-0.05, 0) is 13.0 Å². The first kappa shape index (κ1) is 10.7. The maximum Gasteiger partial charge on any atom is 0.313 e. The highest BCUT2D eigenvalue weighted by atomic mass is 35.5. The number of rotatable bonds is 2. The zero-order valence-corrected chi connectivity index (χ0v) is 9.90. The minimum Gasteiger partial charge on any atom is -0.506 e. The predicted octanol–water partition coefficient (Wildman–Crippen LogP) is 2.08. The molecule has 3 unspecified atom stereocenters. The number of phenols is 1. The first-order chi connectivity index (χ1) is 8.13. The predicted molar refractivity (Wildman–Crippen MR) is 60.4 cm³/mol. The lowest BCUT2D eigenvalue weighted by Crippen LogP contribution is -2.13. The topological polar surface area (TPSA) is 55.8 Å². The highest BCUT2D eigenvalue weighted by Gasteiger charge is 2.63. The van der Waals surface area contributed by atoms with Gasteiger partial charge in [-0.2, -0.15) is 0 Å². The molecular weight excluding hydrogens is 244 g/mol. The number of halogens is 1. The third kappa shape index (κ3) is 1.47. The van der Waals surface area contributed by atoms with Gasteiger partial charge in [0, 0.05) is 17.5 Å². The van der Waals surface area contributed by atoms with Crippen LogP contribution in [-0.2, 0) is 9.53 Å². The molecule has 0 saturated heterocycles. The van der Waals surface area contributed by atoms with E-state index in [9.17, 15) is 9.90 Å². The molecule has 1 heterocycles. The number of aromatic hydroxyl groups is 1. The van der Waals surface area contributed by atoms with Crippen LogP contribution in [0.15, 0.2) is 12.1 Å². The highest BCUT2D eigenvalue weighted by molar-refractivity contribution is 6.32. The first-order valence-electron chi connectivity index (χ1n) is 5.49. The number of hydrogen-bond acceptors (Lipinski definition) is 4. The van der Waals surface area contributed by atoms with Gasteiger partial charge in [0.2, 0.25) is 0 Å². The van der Waals surface area contributed by atoms with Crippen molar-refractivity contribution in [3.63, 3.8) is 0 Å². The van der Waals surface area contributed by atoms with E-state index in [0.717, 1.165) is 5.56 Å². The van der Waals surface area contributed by atoms with Gasteiger partial charge in [0.15, 0.2) is 0 Å². The smallest absolute Gasteiger partial charge is 0.313 e. The summed E-state index contributed by atoms with van der Waals surface area (Å²) < 4.78 is 10.6. The van der Waals surface area contributed by atoms with Gasteiger partial charge >= 0.3 is 5.97 Å². The summed E-state index contributed by atoms with van der Waals surface area (Å²) in [5.41, 5.74) is 0.843. The molecule has 0 aromatic heterocycles. The molecule has 1 aromatic rings. The van der Waals surface area contributed by atoms with Crippen molar-refractivity contribution in [2.45, 2.75) is 18.9 Å². The van der Waals surface area contributed by atoms with Crippen LogP contribution in [0, 0.1) is 5.92 Å².